The number of furan rings is 1. The van der Waals surface area contributed by atoms with Gasteiger partial charge in [0.15, 0.2) is 10.2 Å². The first-order chi connectivity index (χ1) is 17.1. The molecule has 1 aliphatic heterocycles. The molecule has 35 heavy (non-hydrogen) atoms. The Morgan fingerprint density at radius 2 is 1.83 bits per heavy atom. The number of nitrogens with zero attached hydrogens (tertiary/aromatic N) is 2. The Balaban J connectivity index is 1.41. The Morgan fingerprint density at radius 3 is 2.57 bits per heavy atom. The van der Waals surface area contributed by atoms with Crippen LogP contribution in [0.4, 0.5) is 5.69 Å². The van der Waals surface area contributed by atoms with Gasteiger partial charge in [-0.25, -0.2) is 0 Å². The van der Waals surface area contributed by atoms with Crippen molar-refractivity contribution in [3.63, 3.8) is 0 Å². The molecule has 3 heterocycles. The van der Waals surface area contributed by atoms with Crippen molar-refractivity contribution in [2.45, 2.75) is 22.1 Å². The first kappa shape index (κ1) is 23.4. The largest absolute Gasteiger partial charge is 0.452 e. The van der Waals surface area contributed by atoms with Gasteiger partial charge in [-0.1, -0.05) is 47.6 Å². The van der Waals surface area contributed by atoms with E-state index in [9.17, 15) is 4.79 Å². The van der Waals surface area contributed by atoms with Crippen molar-refractivity contribution in [3.8, 4) is 0 Å². The molecule has 5 rings (SSSR count). The van der Waals surface area contributed by atoms with Crippen LogP contribution >= 0.6 is 35.6 Å². The van der Waals surface area contributed by atoms with Crippen LogP contribution in [0.2, 0.25) is 5.02 Å². The van der Waals surface area contributed by atoms with Gasteiger partial charge < -0.3 is 20.0 Å². The lowest BCUT2D eigenvalue weighted by Crippen LogP contribution is -2.36. The maximum atomic E-state index is 12.9. The van der Waals surface area contributed by atoms with E-state index in [0.717, 1.165) is 21.4 Å². The van der Waals surface area contributed by atoms with Gasteiger partial charge in [0.1, 0.15) is 18.3 Å². The number of thiocarbonyl (C=S) groups is 1. The van der Waals surface area contributed by atoms with Gasteiger partial charge in [-0.3, -0.25) is 9.78 Å². The van der Waals surface area contributed by atoms with Gasteiger partial charge in [0.25, 0.3) is 0 Å². The number of benzene rings is 2. The smallest absolute Gasteiger partial charge is 0.244 e. The zero-order valence-electron chi connectivity index (χ0n) is 18.4. The predicted octanol–water partition coefficient (Wildman–Crippen LogP) is 6.09. The minimum absolute atomic E-state index is 0.0646. The van der Waals surface area contributed by atoms with Gasteiger partial charge in [0, 0.05) is 21.8 Å². The molecule has 176 valence electrons. The van der Waals surface area contributed by atoms with E-state index in [-0.39, 0.29) is 24.5 Å². The highest BCUT2D eigenvalue weighted by molar-refractivity contribution is 7.99. The van der Waals surface area contributed by atoms with Crippen LogP contribution in [0.1, 0.15) is 23.5 Å². The molecule has 2 aromatic carbocycles. The van der Waals surface area contributed by atoms with Crippen molar-refractivity contribution in [2.24, 2.45) is 0 Å². The van der Waals surface area contributed by atoms with E-state index < -0.39 is 0 Å². The summed E-state index contributed by atoms with van der Waals surface area (Å²) in [5.74, 6) is 0.520. The van der Waals surface area contributed by atoms with Crippen LogP contribution in [0.25, 0.3) is 0 Å². The second-order valence-corrected chi connectivity index (χ2v) is 9.78. The number of para-hydroxylation sites is 1. The third kappa shape index (κ3) is 5.51. The maximum absolute atomic E-state index is 12.9. The first-order valence-electron chi connectivity index (χ1n) is 10.9. The zero-order chi connectivity index (χ0) is 24.2. The SMILES string of the molecule is O=C(CN1C(=S)N[C@@H](c2ccccn2)[C@H]1c1ccc(Sc2ccc(Cl)cc2)o1)Nc1ccccc1. The lowest BCUT2D eigenvalue weighted by molar-refractivity contribution is -0.116. The number of hydrogen-bond acceptors (Lipinski definition) is 5. The molecule has 9 heteroatoms. The Labute approximate surface area is 217 Å². The number of pyridine rings is 1. The molecule has 2 atom stereocenters. The Kier molecular flexibility index (Phi) is 7.03. The van der Waals surface area contributed by atoms with Crippen molar-refractivity contribution in [2.75, 3.05) is 11.9 Å². The van der Waals surface area contributed by atoms with Crippen LogP contribution in [-0.2, 0) is 4.79 Å². The fourth-order valence-electron chi connectivity index (χ4n) is 3.93. The molecule has 1 fully saturated rings. The molecule has 6 nitrogen and oxygen atoms in total. The van der Waals surface area contributed by atoms with E-state index in [0.29, 0.717) is 15.9 Å². The summed E-state index contributed by atoms with van der Waals surface area (Å²) >= 11 is 13.2. The average Bonchev–Trinajstić information content (AvgIpc) is 3.46. The highest BCUT2D eigenvalue weighted by Crippen LogP contribution is 2.41. The zero-order valence-corrected chi connectivity index (χ0v) is 20.8. The summed E-state index contributed by atoms with van der Waals surface area (Å²) in [6.07, 6.45) is 1.74. The summed E-state index contributed by atoms with van der Waals surface area (Å²) < 4.78 is 6.26. The number of carbonyl (C=O) groups is 1. The molecule has 1 amide bonds. The van der Waals surface area contributed by atoms with E-state index >= 15 is 0 Å². The van der Waals surface area contributed by atoms with Crippen molar-refractivity contribution < 1.29 is 9.21 Å². The number of amides is 1. The van der Waals surface area contributed by atoms with Crippen LogP contribution in [0.15, 0.2) is 106 Å². The molecule has 2 N–H and O–H groups in total. The molecule has 0 bridgehead atoms. The quantitative estimate of drug-likeness (QED) is 0.286. The second kappa shape index (κ2) is 10.5. The molecule has 2 aromatic heterocycles. The van der Waals surface area contributed by atoms with Crippen molar-refractivity contribution >= 4 is 52.3 Å². The molecule has 1 saturated heterocycles. The van der Waals surface area contributed by atoms with Crippen molar-refractivity contribution in [1.82, 2.24) is 15.2 Å². The number of aromatic nitrogens is 1. The van der Waals surface area contributed by atoms with Gasteiger partial charge in [-0.05, 0) is 72.9 Å². The molecule has 4 aromatic rings. The number of nitrogens with one attached hydrogen (secondary N) is 2. The van der Waals surface area contributed by atoms with Crippen LogP contribution in [0.5, 0.6) is 0 Å². The Bertz CT molecular complexity index is 1320. The normalized spacial score (nSPS) is 17.3. The van der Waals surface area contributed by atoms with E-state index in [2.05, 4.69) is 15.6 Å². The molecular weight excluding hydrogens is 500 g/mol. The van der Waals surface area contributed by atoms with Crippen LogP contribution < -0.4 is 10.6 Å². The van der Waals surface area contributed by atoms with Crippen LogP contribution in [0.3, 0.4) is 0 Å². The van der Waals surface area contributed by atoms with Crippen LogP contribution in [0, 0.1) is 0 Å². The average molecular weight is 521 g/mol. The third-order valence-corrected chi connectivity index (χ3v) is 7.03. The second-order valence-electron chi connectivity index (χ2n) is 7.88. The summed E-state index contributed by atoms with van der Waals surface area (Å²) in [4.78, 5) is 20.3. The summed E-state index contributed by atoms with van der Waals surface area (Å²) in [6, 6.07) is 25.9. The molecule has 0 radical (unpaired) electrons. The van der Waals surface area contributed by atoms with Gasteiger partial charge in [-0.2, -0.15) is 0 Å². The molecule has 0 unspecified atom stereocenters. The summed E-state index contributed by atoms with van der Waals surface area (Å²) in [7, 11) is 0. The number of anilines is 1. The number of hydrogen-bond donors (Lipinski definition) is 2. The lowest BCUT2D eigenvalue weighted by Gasteiger charge is -2.25. The third-order valence-electron chi connectivity index (χ3n) is 5.49. The highest BCUT2D eigenvalue weighted by atomic mass is 35.5. The van der Waals surface area contributed by atoms with Gasteiger partial charge >= 0.3 is 0 Å². The highest BCUT2D eigenvalue weighted by Gasteiger charge is 2.42. The monoisotopic (exact) mass is 520 g/mol. The van der Waals surface area contributed by atoms with E-state index in [1.165, 1.54) is 11.8 Å². The van der Waals surface area contributed by atoms with Crippen molar-refractivity contribution in [1.29, 1.82) is 0 Å². The first-order valence-corrected chi connectivity index (χ1v) is 12.5. The Morgan fingerprint density at radius 1 is 1.06 bits per heavy atom. The van der Waals surface area contributed by atoms with Gasteiger partial charge in [0.2, 0.25) is 5.91 Å². The van der Waals surface area contributed by atoms with Gasteiger partial charge in [-0.15, -0.1) is 0 Å². The molecule has 0 spiro atoms. The predicted molar refractivity (Wildman–Crippen MR) is 142 cm³/mol. The Hall–Kier alpha value is -3.33. The number of carbonyl (C=O) groups excluding carboxylic acids is 1. The topological polar surface area (TPSA) is 70.4 Å². The number of halogens is 1. The summed E-state index contributed by atoms with van der Waals surface area (Å²) in [6.45, 7) is 0.0646. The molecular formula is C26H21ClN4O2S2. The standard InChI is InChI=1S/C26H21ClN4O2S2/c27-17-9-11-19(12-10-17)35-23-14-13-21(33-23)25-24(20-8-4-5-15-28-20)30-26(34)31(25)16-22(32)29-18-6-2-1-3-7-18/h1-15,24-25H,16H2,(H,29,32)(H,30,34)/t24-,25+/m0/s1. The molecule has 0 saturated carbocycles. The van der Waals surface area contributed by atoms with E-state index in [1.54, 1.807) is 6.20 Å². The van der Waals surface area contributed by atoms with Crippen molar-refractivity contribution in [3.05, 3.63) is 108 Å². The minimum atomic E-state index is -0.349. The summed E-state index contributed by atoms with van der Waals surface area (Å²) in [5, 5.41) is 8.15. The fraction of sp³-hybridized carbons (Fsp3) is 0.115. The fourth-order valence-corrected chi connectivity index (χ4v) is 5.14. The maximum Gasteiger partial charge on any atom is 0.244 e. The lowest BCUT2D eigenvalue weighted by atomic mass is 10.0. The summed E-state index contributed by atoms with van der Waals surface area (Å²) in [5.41, 5.74) is 1.54. The molecule has 0 aliphatic carbocycles. The van der Waals surface area contributed by atoms with Gasteiger partial charge in [0.05, 0.1) is 11.7 Å². The minimum Gasteiger partial charge on any atom is -0.452 e. The van der Waals surface area contributed by atoms with E-state index in [4.69, 9.17) is 28.2 Å². The number of rotatable bonds is 7. The molecule has 1 aliphatic rings. The van der Waals surface area contributed by atoms with E-state index in [1.807, 2.05) is 89.8 Å². The van der Waals surface area contributed by atoms with Crippen LogP contribution in [-0.4, -0.2) is 27.4 Å².